The normalized spacial score (nSPS) is 12.0. The molecule has 1 heterocycles. The number of nitrogen functional groups attached to an aromatic ring is 1. The largest absolute Gasteiger partial charge is 0.368 e. The van der Waals surface area contributed by atoms with Crippen LogP contribution in [0.1, 0.15) is 11.1 Å². The minimum Gasteiger partial charge on any atom is -0.368 e. The number of benzene rings is 1. The van der Waals surface area contributed by atoms with E-state index in [4.69, 9.17) is 11.0 Å². The average molecular weight is 259 g/mol. The molecule has 0 spiro atoms. The monoisotopic (exact) mass is 259 g/mol. The second kappa shape index (κ2) is 5.56. The number of nitrogens with two attached hydrogens (primary N) is 1. The SMILES string of the molecule is Cc1ccc(CC(C#N)Sc2n[nH]c(N)n2)cc1. The Balaban J connectivity index is 2.02. The smallest absolute Gasteiger partial charge is 0.216 e. The molecule has 1 atom stereocenters. The van der Waals surface area contributed by atoms with E-state index < -0.39 is 0 Å². The standard InChI is InChI=1S/C12H13N5S/c1-8-2-4-9(5-3-8)6-10(7-13)18-12-15-11(14)16-17-12/h2-5,10H,6H2,1H3,(H3,14,15,16,17). The Morgan fingerprint density at radius 2 is 2.17 bits per heavy atom. The lowest BCUT2D eigenvalue weighted by Gasteiger charge is -2.06. The van der Waals surface area contributed by atoms with Gasteiger partial charge < -0.3 is 5.73 Å². The van der Waals surface area contributed by atoms with Crippen molar-refractivity contribution in [3.8, 4) is 6.07 Å². The first-order chi connectivity index (χ1) is 8.67. The summed E-state index contributed by atoms with van der Waals surface area (Å²) in [5, 5.41) is 15.9. The van der Waals surface area contributed by atoms with Crippen LogP contribution in [-0.4, -0.2) is 20.4 Å². The number of nitrogens with one attached hydrogen (secondary N) is 1. The Bertz CT molecular complexity index is 555. The highest BCUT2D eigenvalue weighted by Crippen LogP contribution is 2.22. The Labute approximate surface area is 109 Å². The Hall–Kier alpha value is -2.00. The Kier molecular flexibility index (Phi) is 3.85. The summed E-state index contributed by atoms with van der Waals surface area (Å²) in [5.41, 5.74) is 7.78. The van der Waals surface area contributed by atoms with Crippen molar-refractivity contribution in [1.29, 1.82) is 5.26 Å². The second-order valence-electron chi connectivity index (χ2n) is 3.93. The van der Waals surface area contributed by atoms with Crippen LogP contribution in [0.2, 0.25) is 0 Å². The van der Waals surface area contributed by atoms with Crippen LogP contribution in [-0.2, 0) is 6.42 Å². The zero-order valence-corrected chi connectivity index (χ0v) is 10.7. The minimum atomic E-state index is -0.220. The van der Waals surface area contributed by atoms with Gasteiger partial charge in [0.2, 0.25) is 11.1 Å². The summed E-state index contributed by atoms with van der Waals surface area (Å²) in [5.74, 6) is 0.268. The molecule has 0 fully saturated rings. The first-order valence-corrected chi connectivity index (χ1v) is 6.35. The van der Waals surface area contributed by atoms with E-state index >= 15 is 0 Å². The van der Waals surface area contributed by atoms with Crippen LogP contribution in [0.4, 0.5) is 5.95 Å². The van der Waals surface area contributed by atoms with E-state index in [1.807, 2.05) is 31.2 Å². The second-order valence-corrected chi connectivity index (χ2v) is 5.10. The summed E-state index contributed by atoms with van der Waals surface area (Å²) in [6, 6.07) is 10.4. The summed E-state index contributed by atoms with van der Waals surface area (Å²) >= 11 is 1.31. The fourth-order valence-corrected chi connectivity index (χ4v) is 2.32. The fraction of sp³-hybridized carbons (Fsp3) is 0.250. The first-order valence-electron chi connectivity index (χ1n) is 5.47. The van der Waals surface area contributed by atoms with Crippen molar-refractivity contribution in [3.63, 3.8) is 0 Å². The molecule has 5 nitrogen and oxygen atoms in total. The van der Waals surface area contributed by atoms with Crippen molar-refractivity contribution in [2.24, 2.45) is 0 Å². The molecule has 0 saturated carbocycles. The third kappa shape index (κ3) is 3.25. The van der Waals surface area contributed by atoms with E-state index in [1.54, 1.807) is 0 Å². The lowest BCUT2D eigenvalue weighted by atomic mass is 10.1. The number of nitriles is 1. The fourth-order valence-electron chi connectivity index (χ4n) is 1.49. The molecular formula is C12H13N5S. The summed E-state index contributed by atoms with van der Waals surface area (Å²) in [6.45, 7) is 2.04. The van der Waals surface area contributed by atoms with Crippen LogP contribution in [0.15, 0.2) is 29.4 Å². The number of rotatable bonds is 4. The highest BCUT2D eigenvalue weighted by molar-refractivity contribution is 8.00. The minimum absolute atomic E-state index is 0.220. The number of nitrogens with zero attached hydrogens (tertiary/aromatic N) is 3. The third-order valence-electron chi connectivity index (χ3n) is 2.42. The Morgan fingerprint density at radius 3 is 2.72 bits per heavy atom. The summed E-state index contributed by atoms with van der Waals surface area (Å²) in [7, 11) is 0. The van der Waals surface area contributed by atoms with Gasteiger partial charge in [-0.3, -0.25) is 0 Å². The predicted molar refractivity (Wildman–Crippen MR) is 70.9 cm³/mol. The molecule has 1 aromatic carbocycles. The molecule has 0 aliphatic heterocycles. The van der Waals surface area contributed by atoms with Crippen molar-refractivity contribution >= 4 is 17.7 Å². The lowest BCUT2D eigenvalue weighted by Crippen LogP contribution is -2.04. The molecule has 92 valence electrons. The number of aromatic nitrogens is 3. The maximum atomic E-state index is 9.14. The number of H-pyrrole nitrogens is 1. The van der Waals surface area contributed by atoms with Crippen LogP contribution in [0.5, 0.6) is 0 Å². The number of aromatic amines is 1. The topological polar surface area (TPSA) is 91.4 Å². The molecule has 6 heteroatoms. The molecule has 1 unspecified atom stereocenters. The van der Waals surface area contributed by atoms with Crippen LogP contribution in [0.3, 0.4) is 0 Å². The van der Waals surface area contributed by atoms with E-state index in [-0.39, 0.29) is 11.2 Å². The van der Waals surface area contributed by atoms with Gasteiger partial charge in [-0.15, -0.1) is 5.10 Å². The number of thioether (sulfide) groups is 1. The van der Waals surface area contributed by atoms with Gasteiger partial charge in [-0.25, -0.2) is 5.10 Å². The highest BCUT2D eigenvalue weighted by Gasteiger charge is 2.13. The molecule has 0 aliphatic carbocycles. The van der Waals surface area contributed by atoms with E-state index in [1.165, 1.54) is 17.3 Å². The molecule has 0 radical (unpaired) electrons. The predicted octanol–water partition coefficient (Wildman–Crippen LogP) is 1.92. The van der Waals surface area contributed by atoms with Crippen molar-refractivity contribution in [2.45, 2.75) is 23.8 Å². The van der Waals surface area contributed by atoms with Crippen LogP contribution >= 0.6 is 11.8 Å². The van der Waals surface area contributed by atoms with Crippen molar-refractivity contribution in [1.82, 2.24) is 15.2 Å². The quantitative estimate of drug-likeness (QED) is 0.818. The molecule has 1 aromatic heterocycles. The lowest BCUT2D eigenvalue weighted by molar-refractivity contribution is 0.954. The van der Waals surface area contributed by atoms with Gasteiger partial charge in [-0.1, -0.05) is 41.6 Å². The average Bonchev–Trinajstić information content (AvgIpc) is 2.77. The summed E-state index contributed by atoms with van der Waals surface area (Å²) in [4.78, 5) is 3.98. The molecule has 2 rings (SSSR count). The molecule has 0 aliphatic rings. The number of hydrogen-bond acceptors (Lipinski definition) is 5. The van der Waals surface area contributed by atoms with Gasteiger partial charge in [0.05, 0.1) is 6.07 Å². The third-order valence-corrected chi connectivity index (χ3v) is 3.37. The van der Waals surface area contributed by atoms with Gasteiger partial charge in [0.25, 0.3) is 0 Å². The highest BCUT2D eigenvalue weighted by atomic mass is 32.2. The zero-order valence-electron chi connectivity index (χ0n) is 9.92. The molecular weight excluding hydrogens is 246 g/mol. The molecule has 2 aromatic rings. The van der Waals surface area contributed by atoms with E-state index in [0.29, 0.717) is 11.6 Å². The van der Waals surface area contributed by atoms with E-state index in [2.05, 4.69) is 21.3 Å². The molecule has 18 heavy (non-hydrogen) atoms. The van der Waals surface area contributed by atoms with Crippen molar-refractivity contribution in [3.05, 3.63) is 35.4 Å². The summed E-state index contributed by atoms with van der Waals surface area (Å²) in [6.07, 6.45) is 0.663. The van der Waals surface area contributed by atoms with Gasteiger partial charge in [-0.2, -0.15) is 10.2 Å². The molecule has 0 bridgehead atoms. The molecule has 3 N–H and O–H groups in total. The van der Waals surface area contributed by atoms with Gasteiger partial charge in [0.1, 0.15) is 5.25 Å². The van der Waals surface area contributed by atoms with Crippen molar-refractivity contribution < 1.29 is 0 Å². The number of anilines is 1. The van der Waals surface area contributed by atoms with E-state index in [0.717, 1.165) is 5.56 Å². The first kappa shape index (κ1) is 12.5. The van der Waals surface area contributed by atoms with Crippen LogP contribution in [0, 0.1) is 18.3 Å². The Morgan fingerprint density at radius 1 is 1.44 bits per heavy atom. The van der Waals surface area contributed by atoms with Gasteiger partial charge in [-0.05, 0) is 18.9 Å². The zero-order chi connectivity index (χ0) is 13.0. The number of hydrogen-bond donors (Lipinski definition) is 2. The van der Waals surface area contributed by atoms with Crippen molar-refractivity contribution in [2.75, 3.05) is 5.73 Å². The van der Waals surface area contributed by atoms with E-state index in [9.17, 15) is 0 Å². The van der Waals surface area contributed by atoms with Gasteiger partial charge in [0.15, 0.2) is 0 Å². The number of aryl methyl sites for hydroxylation is 1. The maximum Gasteiger partial charge on any atom is 0.216 e. The van der Waals surface area contributed by atoms with Crippen LogP contribution < -0.4 is 5.73 Å². The van der Waals surface area contributed by atoms with Gasteiger partial charge in [0, 0.05) is 0 Å². The molecule has 0 saturated heterocycles. The summed E-state index contributed by atoms with van der Waals surface area (Å²) < 4.78 is 0. The maximum absolute atomic E-state index is 9.14. The van der Waals surface area contributed by atoms with Gasteiger partial charge >= 0.3 is 0 Å². The molecule has 0 amide bonds. The van der Waals surface area contributed by atoms with Crippen LogP contribution in [0.25, 0.3) is 0 Å².